The maximum absolute atomic E-state index is 13.3. The van der Waals surface area contributed by atoms with Crippen LogP contribution in [0.1, 0.15) is 11.1 Å². The van der Waals surface area contributed by atoms with Crippen LogP contribution in [-0.4, -0.2) is 25.2 Å². The fraction of sp³-hybridized carbons (Fsp3) is 0.136. The number of nitrogens with one attached hydrogen (secondary N) is 2. The summed E-state index contributed by atoms with van der Waals surface area (Å²) < 4.78 is 11.7. The van der Waals surface area contributed by atoms with E-state index in [2.05, 4.69) is 26.8 Å². The predicted molar refractivity (Wildman–Crippen MR) is 115 cm³/mol. The lowest BCUT2D eigenvalue weighted by molar-refractivity contribution is -0.136. The van der Waals surface area contributed by atoms with E-state index in [-0.39, 0.29) is 0 Å². The number of halogens is 1. The number of carbonyl (C=O) groups is 1. The molecule has 0 radical (unpaired) electrons. The first-order valence-corrected chi connectivity index (χ1v) is 9.61. The summed E-state index contributed by atoms with van der Waals surface area (Å²) in [6.45, 7) is 0. The van der Waals surface area contributed by atoms with Gasteiger partial charge in [0.05, 0.1) is 19.9 Å². The molecule has 0 aromatic heterocycles. The van der Waals surface area contributed by atoms with Gasteiger partial charge in [-0.25, -0.2) is 0 Å². The van der Waals surface area contributed by atoms with E-state index in [1.165, 1.54) is 14.2 Å². The van der Waals surface area contributed by atoms with Crippen molar-refractivity contribution < 1.29 is 19.4 Å². The van der Waals surface area contributed by atoms with Crippen molar-refractivity contribution in [3.63, 3.8) is 0 Å². The molecule has 0 aliphatic rings. The molecule has 29 heavy (non-hydrogen) atoms. The highest BCUT2D eigenvalue weighted by molar-refractivity contribution is 9.10. The van der Waals surface area contributed by atoms with Crippen LogP contribution in [0.3, 0.4) is 0 Å². The third-order valence-electron chi connectivity index (χ3n) is 4.49. The van der Waals surface area contributed by atoms with Crippen LogP contribution in [0.5, 0.6) is 11.5 Å². The predicted octanol–water partition coefficient (Wildman–Crippen LogP) is 3.85. The molecule has 0 fully saturated rings. The molecular formula is C22H21BrN2O4. The molecule has 0 saturated carbocycles. The molecule has 0 aliphatic heterocycles. The summed E-state index contributed by atoms with van der Waals surface area (Å²) in [5, 5.41) is 11.7. The van der Waals surface area contributed by atoms with Crippen LogP contribution in [0.2, 0.25) is 0 Å². The Morgan fingerprint density at radius 2 is 1.34 bits per heavy atom. The number of ether oxygens (including phenoxy) is 2. The van der Waals surface area contributed by atoms with E-state index in [0.717, 1.165) is 4.47 Å². The van der Waals surface area contributed by atoms with E-state index >= 15 is 0 Å². The summed E-state index contributed by atoms with van der Waals surface area (Å²) in [6, 6.07) is 20.9. The van der Waals surface area contributed by atoms with E-state index in [1.54, 1.807) is 60.7 Å². The summed E-state index contributed by atoms with van der Waals surface area (Å²) in [5.74, 6) is 0.0637. The number of carbonyl (C=O) groups excluding carboxylic acids is 1. The Morgan fingerprint density at radius 1 is 0.862 bits per heavy atom. The molecule has 3 aromatic rings. The highest BCUT2D eigenvalue weighted by Gasteiger charge is 2.44. The van der Waals surface area contributed by atoms with Crippen LogP contribution < -0.4 is 20.3 Å². The molecule has 3 rings (SSSR count). The quantitative estimate of drug-likeness (QED) is 0.470. The number of anilines is 1. The van der Waals surface area contributed by atoms with Gasteiger partial charge in [-0.3, -0.25) is 15.6 Å². The zero-order valence-electron chi connectivity index (χ0n) is 16.0. The Labute approximate surface area is 177 Å². The van der Waals surface area contributed by atoms with Gasteiger partial charge in [0, 0.05) is 15.6 Å². The van der Waals surface area contributed by atoms with Crippen molar-refractivity contribution in [3.8, 4) is 11.5 Å². The van der Waals surface area contributed by atoms with Gasteiger partial charge in [0.15, 0.2) is 0 Å². The van der Waals surface area contributed by atoms with Crippen LogP contribution in [0.15, 0.2) is 77.3 Å². The molecule has 0 atom stereocenters. The van der Waals surface area contributed by atoms with Crippen LogP contribution in [0.4, 0.5) is 5.69 Å². The van der Waals surface area contributed by atoms with E-state index in [1.807, 2.05) is 12.1 Å². The summed E-state index contributed by atoms with van der Waals surface area (Å²) in [4.78, 5) is 13.3. The van der Waals surface area contributed by atoms with Gasteiger partial charge in [-0.05, 0) is 36.4 Å². The standard InChI is InChI=1S/C22H21BrN2O4/c1-28-19-9-5-3-7-17(19)22(27,18-8-4-6-10-20(18)29-2)21(26)25-24-16-13-11-15(23)12-14-16/h3-14,24,27H,1-2H3,(H,25,26). The topological polar surface area (TPSA) is 79.8 Å². The molecule has 3 N–H and O–H groups in total. The Hall–Kier alpha value is -3.03. The van der Waals surface area contributed by atoms with Crippen molar-refractivity contribution in [2.24, 2.45) is 0 Å². The lowest BCUT2D eigenvalue weighted by Gasteiger charge is -2.30. The van der Waals surface area contributed by atoms with Crippen LogP contribution >= 0.6 is 15.9 Å². The second-order valence-electron chi connectivity index (χ2n) is 6.20. The summed E-state index contributed by atoms with van der Waals surface area (Å²) >= 11 is 3.37. The van der Waals surface area contributed by atoms with Crippen LogP contribution in [-0.2, 0) is 10.4 Å². The lowest BCUT2D eigenvalue weighted by atomic mass is 9.84. The van der Waals surface area contributed by atoms with Crippen molar-refractivity contribution in [1.29, 1.82) is 0 Å². The van der Waals surface area contributed by atoms with Gasteiger partial charge in [-0.1, -0.05) is 52.3 Å². The van der Waals surface area contributed by atoms with Gasteiger partial charge in [0.1, 0.15) is 11.5 Å². The Morgan fingerprint density at radius 3 is 1.83 bits per heavy atom. The minimum absolute atomic E-state index is 0.294. The highest BCUT2D eigenvalue weighted by Crippen LogP contribution is 2.40. The first kappa shape index (κ1) is 20.7. The SMILES string of the molecule is COc1ccccc1C(O)(C(=O)NNc1ccc(Br)cc1)c1ccccc1OC. The molecule has 0 bridgehead atoms. The zero-order chi connectivity index (χ0) is 20.9. The van der Waals surface area contributed by atoms with E-state index in [9.17, 15) is 9.90 Å². The molecule has 7 heteroatoms. The molecule has 0 unspecified atom stereocenters. The minimum atomic E-state index is -2.07. The summed E-state index contributed by atoms with van der Waals surface area (Å²) in [6.07, 6.45) is 0. The fourth-order valence-electron chi connectivity index (χ4n) is 3.03. The number of aliphatic hydroxyl groups is 1. The number of para-hydroxylation sites is 2. The Kier molecular flexibility index (Phi) is 6.41. The average Bonchev–Trinajstić information content (AvgIpc) is 2.77. The van der Waals surface area contributed by atoms with Gasteiger partial charge in [-0.2, -0.15) is 0 Å². The third-order valence-corrected chi connectivity index (χ3v) is 5.02. The molecule has 0 aliphatic carbocycles. The average molecular weight is 457 g/mol. The van der Waals surface area contributed by atoms with Gasteiger partial charge in [0.2, 0.25) is 5.60 Å². The number of amides is 1. The largest absolute Gasteiger partial charge is 0.496 e. The van der Waals surface area contributed by atoms with Gasteiger partial charge in [-0.15, -0.1) is 0 Å². The van der Waals surface area contributed by atoms with Crippen molar-refractivity contribution in [3.05, 3.63) is 88.4 Å². The first-order valence-electron chi connectivity index (χ1n) is 8.82. The second-order valence-corrected chi connectivity index (χ2v) is 7.11. The summed E-state index contributed by atoms with van der Waals surface area (Å²) in [7, 11) is 2.97. The molecular weight excluding hydrogens is 436 g/mol. The van der Waals surface area contributed by atoms with E-state index < -0.39 is 11.5 Å². The Bertz CT molecular complexity index is 945. The molecule has 0 saturated heterocycles. The van der Waals surface area contributed by atoms with E-state index in [4.69, 9.17) is 9.47 Å². The minimum Gasteiger partial charge on any atom is -0.496 e. The number of hydrogen-bond donors (Lipinski definition) is 3. The molecule has 0 spiro atoms. The second kappa shape index (κ2) is 8.98. The molecule has 6 nitrogen and oxygen atoms in total. The monoisotopic (exact) mass is 456 g/mol. The molecule has 150 valence electrons. The normalized spacial score (nSPS) is 10.9. The van der Waals surface area contributed by atoms with Gasteiger partial charge >= 0.3 is 0 Å². The van der Waals surface area contributed by atoms with E-state index in [0.29, 0.717) is 28.3 Å². The maximum atomic E-state index is 13.3. The third kappa shape index (κ3) is 4.21. The number of rotatable bonds is 7. The zero-order valence-corrected chi connectivity index (χ0v) is 17.6. The number of hydrazine groups is 1. The highest BCUT2D eigenvalue weighted by atomic mass is 79.9. The molecule has 1 amide bonds. The van der Waals surface area contributed by atoms with Gasteiger partial charge < -0.3 is 14.6 Å². The number of methoxy groups -OCH3 is 2. The fourth-order valence-corrected chi connectivity index (χ4v) is 3.29. The van der Waals surface area contributed by atoms with Crippen molar-refractivity contribution in [1.82, 2.24) is 5.43 Å². The van der Waals surface area contributed by atoms with Crippen molar-refractivity contribution in [2.75, 3.05) is 19.6 Å². The number of hydrogen-bond acceptors (Lipinski definition) is 5. The smallest absolute Gasteiger partial charge is 0.279 e. The van der Waals surface area contributed by atoms with Crippen molar-refractivity contribution in [2.45, 2.75) is 5.60 Å². The van der Waals surface area contributed by atoms with Crippen LogP contribution in [0.25, 0.3) is 0 Å². The maximum Gasteiger partial charge on any atom is 0.279 e. The molecule has 3 aromatic carbocycles. The molecule has 0 heterocycles. The first-order chi connectivity index (χ1) is 14.0. The van der Waals surface area contributed by atoms with Gasteiger partial charge in [0.25, 0.3) is 5.91 Å². The number of benzene rings is 3. The lowest BCUT2D eigenvalue weighted by Crippen LogP contribution is -2.47. The Balaban J connectivity index is 2.05. The summed E-state index contributed by atoms with van der Waals surface area (Å²) in [5.41, 5.74) is 4.60. The van der Waals surface area contributed by atoms with Crippen LogP contribution in [0, 0.1) is 0 Å². The van der Waals surface area contributed by atoms with Crippen molar-refractivity contribution >= 4 is 27.5 Å².